The molecular formula is C12H11F3N2O4S. The second kappa shape index (κ2) is 5.20. The second-order valence-electron chi connectivity index (χ2n) is 4.35. The quantitative estimate of drug-likeness (QED) is 0.926. The van der Waals surface area contributed by atoms with Crippen LogP contribution in [0.1, 0.15) is 5.69 Å². The standard InChI is InChI=1S/C12H11F3N2O4S/c1-7-10(22(19,20)12(13,14)15)11(18)17(16-7)8-3-5-9(21-2)6-4-8/h3-6,16H,1-2H3. The Kier molecular flexibility index (Phi) is 3.81. The summed E-state index contributed by atoms with van der Waals surface area (Å²) in [5.41, 5.74) is -7.05. The summed E-state index contributed by atoms with van der Waals surface area (Å²) in [7, 11) is -4.30. The van der Waals surface area contributed by atoms with Crippen molar-refractivity contribution in [1.82, 2.24) is 9.78 Å². The Morgan fingerprint density at radius 3 is 2.18 bits per heavy atom. The van der Waals surface area contributed by atoms with Crippen LogP contribution in [0.25, 0.3) is 5.69 Å². The Hall–Kier alpha value is -2.23. The summed E-state index contributed by atoms with van der Waals surface area (Å²) >= 11 is 0. The van der Waals surface area contributed by atoms with Crippen molar-refractivity contribution in [1.29, 1.82) is 0 Å². The van der Waals surface area contributed by atoms with Crippen molar-refractivity contribution < 1.29 is 26.3 Å². The number of alkyl halides is 3. The maximum atomic E-state index is 12.6. The van der Waals surface area contributed by atoms with Gasteiger partial charge >= 0.3 is 5.51 Å². The van der Waals surface area contributed by atoms with Gasteiger partial charge in [0.2, 0.25) is 0 Å². The van der Waals surface area contributed by atoms with Crippen LogP contribution in [0.4, 0.5) is 13.2 Å². The topological polar surface area (TPSA) is 81.2 Å². The van der Waals surface area contributed by atoms with Crippen LogP contribution in [0, 0.1) is 6.92 Å². The van der Waals surface area contributed by atoms with Crippen molar-refractivity contribution >= 4 is 9.84 Å². The lowest BCUT2D eigenvalue weighted by atomic mass is 10.3. The average molecular weight is 336 g/mol. The van der Waals surface area contributed by atoms with Crippen molar-refractivity contribution in [2.45, 2.75) is 17.3 Å². The zero-order valence-electron chi connectivity index (χ0n) is 11.4. The molecule has 0 aliphatic heterocycles. The molecule has 0 amide bonds. The first-order chi connectivity index (χ1) is 10.1. The number of aromatic amines is 1. The molecule has 22 heavy (non-hydrogen) atoms. The molecule has 2 aromatic rings. The van der Waals surface area contributed by atoms with Crippen molar-refractivity contribution in [2.24, 2.45) is 0 Å². The van der Waals surface area contributed by atoms with Crippen LogP contribution >= 0.6 is 0 Å². The van der Waals surface area contributed by atoms with Gasteiger partial charge in [-0.15, -0.1) is 0 Å². The van der Waals surface area contributed by atoms with Gasteiger partial charge in [-0.05, 0) is 31.2 Å². The number of aryl methyl sites for hydroxylation is 1. The summed E-state index contributed by atoms with van der Waals surface area (Å²) in [5, 5.41) is 2.33. The molecule has 0 atom stereocenters. The summed E-state index contributed by atoms with van der Waals surface area (Å²) in [6.45, 7) is 1.08. The van der Waals surface area contributed by atoms with E-state index in [1.165, 1.54) is 31.4 Å². The number of methoxy groups -OCH3 is 1. The zero-order valence-corrected chi connectivity index (χ0v) is 12.2. The number of halogens is 3. The van der Waals surface area contributed by atoms with E-state index in [1.54, 1.807) is 0 Å². The van der Waals surface area contributed by atoms with Crippen molar-refractivity contribution in [3.8, 4) is 11.4 Å². The van der Waals surface area contributed by atoms with E-state index in [-0.39, 0.29) is 5.69 Å². The van der Waals surface area contributed by atoms with E-state index in [4.69, 9.17) is 4.74 Å². The van der Waals surface area contributed by atoms with Gasteiger partial charge in [-0.3, -0.25) is 9.89 Å². The third kappa shape index (κ3) is 2.49. The van der Waals surface area contributed by atoms with E-state index < -0.39 is 31.5 Å². The summed E-state index contributed by atoms with van der Waals surface area (Å²) < 4.78 is 66.4. The normalized spacial score (nSPS) is 12.4. The minimum absolute atomic E-state index is 0.178. The lowest BCUT2D eigenvalue weighted by Crippen LogP contribution is -2.29. The van der Waals surface area contributed by atoms with Crippen LogP contribution in [-0.2, 0) is 9.84 Å². The first-order valence-electron chi connectivity index (χ1n) is 5.87. The molecule has 1 aromatic carbocycles. The van der Waals surface area contributed by atoms with E-state index in [9.17, 15) is 26.4 Å². The predicted molar refractivity (Wildman–Crippen MR) is 70.9 cm³/mol. The third-order valence-electron chi connectivity index (χ3n) is 2.92. The van der Waals surface area contributed by atoms with Crippen molar-refractivity contribution in [2.75, 3.05) is 7.11 Å². The van der Waals surface area contributed by atoms with Gasteiger partial charge in [-0.2, -0.15) is 13.2 Å². The number of ether oxygens (including phenoxy) is 1. The van der Waals surface area contributed by atoms with Gasteiger partial charge in [-0.1, -0.05) is 0 Å². The summed E-state index contributed by atoms with van der Waals surface area (Å²) in [5.74, 6) is 0.475. The number of nitrogens with zero attached hydrogens (tertiary/aromatic N) is 1. The Bertz CT molecular complexity index is 848. The zero-order chi connectivity index (χ0) is 16.7. The van der Waals surface area contributed by atoms with Gasteiger partial charge in [-0.25, -0.2) is 13.1 Å². The molecule has 0 saturated carbocycles. The molecule has 2 rings (SSSR count). The molecule has 0 saturated heterocycles. The summed E-state index contributed by atoms with van der Waals surface area (Å²) in [4.78, 5) is 10.7. The molecular weight excluding hydrogens is 325 g/mol. The average Bonchev–Trinajstić information content (AvgIpc) is 2.73. The first-order valence-corrected chi connectivity index (χ1v) is 7.35. The van der Waals surface area contributed by atoms with Crippen LogP contribution < -0.4 is 10.3 Å². The Labute approximate surface area is 123 Å². The largest absolute Gasteiger partial charge is 0.502 e. The number of hydrogen-bond acceptors (Lipinski definition) is 4. The van der Waals surface area contributed by atoms with E-state index in [0.717, 1.165) is 11.6 Å². The fourth-order valence-corrected chi connectivity index (χ4v) is 2.88. The van der Waals surface area contributed by atoms with E-state index in [1.807, 2.05) is 0 Å². The Morgan fingerprint density at radius 2 is 1.73 bits per heavy atom. The maximum absolute atomic E-state index is 12.6. The number of benzene rings is 1. The molecule has 6 nitrogen and oxygen atoms in total. The highest BCUT2D eigenvalue weighted by Crippen LogP contribution is 2.30. The van der Waals surface area contributed by atoms with Crippen molar-refractivity contribution in [3.05, 3.63) is 40.3 Å². The molecule has 1 heterocycles. The fraction of sp³-hybridized carbons (Fsp3) is 0.250. The SMILES string of the molecule is COc1ccc(-n2[nH]c(C)c(S(=O)(=O)C(F)(F)F)c2=O)cc1. The smallest absolute Gasteiger partial charge is 0.497 e. The Morgan fingerprint density at radius 1 is 1.18 bits per heavy atom. The van der Waals surface area contributed by atoms with Gasteiger partial charge in [0.15, 0.2) is 4.90 Å². The van der Waals surface area contributed by atoms with E-state index in [2.05, 4.69) is 5.10 Å². The number of H-pyrrole nitrogens is 1. The minimum atomic E-state index is -5.73. The molecule has 0 spiro atoms. The number of rotatable bonds is 3. The van der Waals surface area contributed by atoms with Crippen LogP contribution in [0.5, 0.6) is 5.75 Å². The highest BCUT2D eigenvalue weighted by Gasteiger charge is 2.50. The summed E-state index contributed by atoms with van der Waals surface area (Å²) in [6, 6.07) is 5.77. The maximum Gasteiger partial charge on any atom is 0.502 e. The molecule has 0 radical (unpaired) electrons. The van der Waals surface area contributed by atoms with Crippen molar-refractivity contribution in [3.63, 3.8) is 0 Å². The molecule has 0 fully saturated rings. The molecule has 0 aliphatic carbocycles. The monoisotopic (exact) mass is 336 g/mol. The van der Waals surface area contributed by atoms with Gasteiger partial charge in [0, 0.05) is 0 Å². The third-order valence-corrected chi connectivity index (χ3v) is 4.55. The first kappa shape index (κ1) is 16.1. The van der Waals surface area contributed by atoms with Gasteiger partial charge in [0.1, 0.15) is 5.75 Å². The second-order valence-corrected chi connectivity index (χ2v) is 6.23. The van der Waals surface area contributed by atoms with Gasteiger partial charge in [0.25, 0.3) is 15.4 Å². The Balaban J connectivity index is 2.64. The molecule has 1 aromatic heterocycles. The number of aromatic nitrogens is 2. The molecule has 0 unspecified atom stereocenters. The number of sulfone groups is 1. The number of hydrogen-bond donors (Lipinski definition) is 1. The van der Waals surface area contributed by atoms with E-state index in [0.29, 0.717) is 5.75 Å². The molecule has 0 bridgehead atoms. The van der Waals surface area contributed by atoms with Gasteiger partial charge in [0.05, 0.1) is 18.5 Å². The van der Waals surface area contributed by atoms with Crippen LogP contribution in [-0.4, -0.2) is 30.8 Å². The number of nitrogens with one attached hydrogen (secondary N) is 1. The highest BCUT2D eigenvalue weighted by molar-refractivity contribution is 7.92. The van der Waals surface area contributed by atoms with Crippen LogP contribution in [0.2, 0.25) is 0 Å². The predicted octanol–water partition coefficient (Wildman–Crippen LogP) is 1.78. The van der Waals surface area contributed by atoms with Gasteiger partial charge < -0.3 is 4.74 Å². The molecule has 10 heteroatoms. The fourth-order valence-electron chi connectivity index (χ4n) is 1.88. The molecule has 1 N–H and O–H groups in total. The van der Waals surface area contributed by atoms with E-state index >= 15 is 0 Å². The van der Waals surface area contributed by atoms with Crippen LogP contribution in [0.3, 0.4) is 0 Å². The lowest BCUT2D eigenvalue weighted by molar-refractivity contribution is -0.0436. The lowest BCUT2D eigenvalue weighted by Gasteiger charge is -2.05. The highest BCUT2D eigenvalue weighted by atomic mass is 32.2. The molecule has 0 aliphatic rings. The van der Waals surface area contributed by atoms with Crippen LogP contribution in [0.15, 0.2) is 34.0 Å². The molecule has 120 valence electrons. The summed E-state index contributed by atoms with van der Waals surface area (Å²) in [6.07, 6.45) is 0. The minimum Gasteiger partial charge on any atom is -0.497 e.